The Morgan fingerprint density at radius 2 is 2.05 bits per heavy atom. The fraction of sp³-hybridized carbons (Fsp3) is 0.273. The summed E-state index contributed by atoms with van der Waals surface area (Å²) in [7, 11) is 1.60. The molecule has 0 aliphatic carbocycles. The molecular formula is C11H14N6OS2. The molecule has 9 heteroatoms. The molecule has 0 aliphatic heterocycles. The third kappa shape index (κ3) is 3.75. The van der Waals surface area contributed by atoms with Crippen LogP contribution in [0.25, 0.3) is 11.4 Å². The number of carbonyl (C=O) groups is 1. The van der Waals surface area contributed by atoms with Crippen LogP contribution in [0.15, 0.2) is 15.8 Å². The summed E-state index contributed by atoms with van der Waals surface area (Å²) >= 11 is 2.91. The zero-order chi connectivity index (χ0) is 14.5. The Balaban J connectivity index is 2.06. The number of aliphatic imine (C=N–C) groups is 1. The van der Waals surface area contributed by atoms with E-state index in [-0.39, 0.29) is 5.91 Å². The second-order valence-corrected chi connectivity index (χ2v) is 5.61. The van der Waals surface area contributed by atoms with Crippen molar-refractivity contribution in [3.63, 3.8) is 0 Å². The highest BCUT2D eigenvalue weighted by molar-refractivity contribution is 7.14. The molecule has 0 unspecified atom stereocenters. The van der Waals surface area contributed by atoms with Gasteiger partial charge >= 0.3 is 0 Å². The Morgan fingerprint density at radius 1 is 1.35 bits per heavy atom. The van der Waals surface area contributed by atoms with E-state index in [1.165, 1.54) is 29.6 Å². The molecule has 0 saturated carbocycles. The number of nitrogens with zero attached hydrogens (tertiary/aromatic N) is 3. The van der Waals surface area contributed by atoms with E-state index in [0.29, 0.717) is 17.6 Å². The van der Waals surface area contributed by atoms with Gasteiger partial charge in [0.25, 0.3) is 0 Å². The summed E-state index contributed by atoms with van der Waals surface area (Å²) in [6.07, 6.45) is 0. The number of thiazole rings is 2. The maximum Gasteiger partial charge on any atom is 0.217 e. The third-order valence-electron chi connectivity index (χ3n) is 2.28. The number of amides is 1. The van der Waals surface area contributed by atoms with Crippen LogP contribution in [0.5, 0.6) is 0 Å². The lowest BCUT2D eigenvalue weighted by Crippen LogP contribution is -2.21. The predicted molar refractivity (Wildman–Crippen MR) is 81.9 cm³/mol. The first-order valence-corrected chi connectivity index (χ1v) is 7.48. The number of rotatable bonds is 4. The maximum atomic E-state index is 10.9. The van der Waals surface area contributed by atoms with Crippen molar-refractivity contribution < 1.29 is 4.79 Å². The molecular weight excluding hydrogens is 296 g/mol. The highest BCUT2D eigenvalue weighted by Gasteiger charge is 2.09. The minimum atomic E-state index is -0.0729. The Hall–Kier alpha value is -2.00. The van der Waals surface area contributed by atoms with Crippen molar-refractivity contribution >= 4 is 39.7 Å². The average molecular weight is 310 g/mol. The fourth-order valence-electron chi connectivity index (χ4n) is 1.32. The number of carbonyl (C=O) groups excluding carboxylic acids is 1. The molecule has 1 amide bonds. The summed E-state index contributed by atoms with van der Waals surface area (Å²) in [5.41, 5.74) is 7.13. The standard InChI is InChI=1S/C11H14N6OS2/c1-6(18)14-3-9-15-7(4-19-9)8-5-20-11(16-8)17-10(12)13-2/h4-5H,3H2,1-2H3,(H,14,18)(H3,12,13,16,17). The third-order valence-corrected chi connectivity index (χ3v) is 3.89. The summed E-state index contributed by atoms with van der Waals surface area (Å²) in [5.74, 6) is 0.242. The molecule has 0 bridgehead atoms. The van der Waals surface area contributed by atoms with Gasteiger partial charge in [-0.05, 0) is 0 Å². The first-order valence-electron chi connectivity index (χ1n) is 5.72. The van der Waals surface area contributed by atoms with E-state index in [9.17, 15) is 4.79 Å². The molecule has 0 saturated heterocycles. The van der Waals surface area contributed by atoms with Gasteiger partial charge < -0.3 is 16.4 Å². The van der Waals surface area contributed by atoms with Crippen LogP contribution in [0.2, 0.25) is 0 Å². The maximum absolute atomic E-state index is 10.9. The lowest BCUT2D eigenvalue weighted by molar-refractivity contribution is -0.119. The van der Waals surface area contributed by atoms with Crippen LogP contribution in [0.4, 0.5) is 5.13 Å². The fourth-order valence-corrected chi connectivity index (χ4v) is 2.76. The molecule has 2 aromatic rings. The Labute approximate surface area is 124 Å². The molecule has 0 aliphatic rings. The molecule has 0 radical (unpaired) electrons. The summed E-state index contributed by atoms with van der Waals surface area (Å²) in [4.78, 5) is 23.5. The Morgan fingerprint density at radius 3 is 2.75 bits per heavy atom. The van der Waals surface area contributed by atoms with Gasteiger partial charge in [-0.15, -0.1) is 22.7 Å². The van der Waals surface area contributed by atoms with Crippen molar-refractivity contribution in [1.29, 1.82) is 0 Å². The molecule has 2 heterocycles. The summed E-state index contributed by atoms with van der Waals surface area (Å²) in [6.45, 7) is 1.91. The van der Waals surface area contributed by atoms with Crippen LogP contribution >= 0.6 is 22.7 Å². The van der Waals surface area contributed by atoms with Gasteiger partial charge in [-0.3, -0.25) is 9.79 Å². The number of hydrogen-bond acceptors (Lipinski definition) is 6. The van der Waals surface area contributed by atoms with E-state index in [1.54, 1.807) is 7.05 Å². The van der Waals surface area contributed by atoms with Gasteiger partial charge in [-0.1, -0.05) is 0 Å². The van der Waals surface area contributed by atoms with Gasteiger partial charge in [-0.25, -0.2) is 9.97 Å². The molecule has 0 aromatic carbocycles. The van der Waals surface area contributed by atoms with Crippen LogP contribution in [-0.2, 0) is 11.3 Å². The average Bonchev–Trinajstić information content (AvgIpc) is 3.04. The quantitative estimate of drug-likeness (QED) is 0.582. The second kappa shape index (κ2) is 6.44. The molecule has 2 rings (SSSR count). The minimum absolute atomic E-state index is 0.0729. The number of guanidine groups is 1. The monoisotopic (exact) mass is 310 g/mol. The predicted octanol–water partition coefficient (Wildman–Crippen LogP) is 1.26. The largest absolute Gasteiger partial charge is 0.370 e. The molecule has 2 aromatic heterocycles. The number of hydrogen-bond donors (Lipinski definition) is 3. The molecule has 106 valence electrons. The van der Waals surface area contributed by atoms with Crippen molar-refractivity contribution in [3.05, 3.63) is 15.8 Å². The summed E-state index contributed by atoms with van der Waals surface area (Å²) in [6, 6.07) is 0. The molecule has 7 nitrogen and oxygen atoms in total. The number of aromatic nitrogens is 2. The van der Waals surface area contributed by atoms with E-state index < -0.39 is 0 Å². The van der Waals surface area contributed by atoms with E-state index in [4.69, 9.17) is 5.73 Å². The van der Waals surface area contributed by atoms with Crippen LogP contribution in [-0.4, -0.2) is 28.9 Å². The number of nitrogens with one attached hydrogen (secondary N) is 2. The van der Waals surface area contributed by atoms with Crippen molar-refractivity contribution in [1.82, 2.24) is 15.3 Å². The van der Waals surface area contributed by atoms with Gasteiger partial charge in [0.2, 0.25) is 5.91 Å². The normalized spacial score (nSPS) is 11.4. The minimum Gasteiger partial charge on any atom is -0.370 e. The van der Waals surface area contributed by atoms with E-state index in [1.807, 2.05) is 10.8 Å². The van der Waals surface area contributed by atoms with Gasteiger partial charge in [0.05, 0.1) is 6.54 Å². The SMILES string of the molecule is CN=C(N)Nc1nc(-c2csc(CNC(C)=O)n2)cs1. The van der Waals surface area contributed by atoms with Crippen molar-refractivity contribution in [2.45, 2.75) is 13.5 Å². The van der Waals surface area contributed by atoms with Crippen LogP contribution in [0.3, 0.4) is 0 Å². The molecule has 0 spiro atoms. The van der Waals surface area contributed by atoms with Gasteiger partial charge in [0.1, 0.15) is 16.4 Å². The second-order valence-electron chi connectivity index (χ2n) is 3.81. The summed E-state index contributed by atoms with van der Waals surface area (Å²) < 4.78 is 0. The Bertz CT molecular complexity index is 632. The first-order chi connectivity index (χ1) is 9.58. The van der Waals surface area contributed by atoms with Gasteiger partial charge in [0.15, 0.2) is 11.1 Å². The van der Waals surface area contributed by atoms with E-state index in [0.717, 1.165) is 16.4 Å². The first kappa shape index (κ1) is 14.4. The lowest BCUT2D eigenvalue weighted by Gasteiger charge is -1.98. The number of anilines is 1. The van der Waals surface area contributed by atoms with E-state index in [2.05, 4.69) is 25.6 Å². The highest BCUT2D eigenvalue weighted by Crippen LogP contribution is 2.26. The van der Waals surface area contributed by atoms with Crippen LogP contribution in [0, 0.1) is 0 Å². The zero-order valence-electron chi connectivity index (χ0n) is 11.0. The van der Waals surface area contributed by atoms with Crippen LogP contribution < -0.4 is 16.4 Å². The topological polar surface area (TPSA) is 105 Å². The van der Waals surface area contributed by atoms with Gasteiger partial charge in [0, 0.05) is 24.7 Å². The lowest BCUT2D eigenvalue weighted by atomic mass is 10.4. The van der Waals surface area contributed by atoms with Crippen molar-refractivity contribution in [2.75, 3.05) is 12.4 Å². The van der Waals surface area contributed by atoms with Gasteiger partial charge in [-0.2, -0.15) is 0 Å². The van der Waals surface area contributed by atoms with E-state index >= 15 is 0 Å². The molecule has 4 N–H and O–H groups in total. The number of nitrogens with two attached hydrogens (primary N) is 1. The molecule has 0 fully saturated rings. The molecule has 20 heavy (non-hydrogen) atoms. The van der Waals surface area contributed by atoms with Crippen molar-refractivity contribution in [3.8, 4) is 11.4 Å². The summed E-state index contributed by atoms with van der Waals surface area (Å²) in [5, 5.41) is 10.9. The smallest absolute Gasteiger partial charge is 0.217 e. The van der Waals surface area contributed by atoms with Crippen molar-refractivity contribution in [2.24, 2.45) is 10.7 Å². The zero-order valence-corrected chi connectivity index (χ0v) is 12.6. The molecule has 0 atom stereocenters. The van der Waals surface area contributed by atoms with Crippen LogP contribution in [0.1, 0.15) is 11.9 Å². The Kier molecular flexibility index (Phi) is 4.64. The highest BCUT2D eigenvalue weighted by atomic mass is 32.1.